The molecular weight excluding hydrogens is 550 g/mol. The van der Waals surface area contributed by atoms with Crippen molar-refractivity contribution in [2.45, 2.75) is 97.8 Å². The van der Waals surface area contributed by atoms with Gasteiger partial charge in [0.2, 0.25) is 0 Å². The van der Waals surface area contributed by atoms with E-state index in [1.165, 1.54) is 5.57 Å². The zero-order chi connectivity index (χ0) is 31.6. The van der Waals surface area contributed by atoms with E-state index < -0.39 is 11.4 Å². The smallest absolute Gasteiger partial charge is 0.309 e. The van der Waals surface area contributed by atoms with Gasteiger partial charge < -0.3 is 25.0 Å². The number of phenols is 2. The summed E-state index contributed by atoms with van der Waals surface area (Å²) in [5.74, 6) is 0.136. The van der Waals surface area contributed by atoms with Crippen molar-refractivity contribution in [2.75, 3.05) is 7.11 Å². The summed E-state index contributed by atoms with van der Waals surface area (Å²) in [7, 11) is 1.70. The molecule has 0 aliphatic heterocycles. The maximum Gasteiger partial charge on any atom is 0.309 e. The fraction of sp³-hybridized carbons (Fsp3) is 0.553. The maximum atomic E-state index is 12.6. The van der Waals surface area contributed by atoms with E-state index in [1.807, 2.05) is 32.0 Å². The molecule has 0 amide bonds. The monoisotopic (exact) mass is 597 g/mol. The molecule has 7 rings (SSSR count). The summed E-state index contributed by atoms with van der Waals surface area (Å²) in [6.07, 6.45) is 11.0. The minimum Gasteiger partial charge on any atom is -0.504 e. The second kappa shape index (κ2) is 9.08. The molecule has 0 spiro atoms. The van der Waals surface area contributed by atoms with Crippen LogP contribution in [0.4, 0.5) is 0 Å². The summed E-state index contributed by atoms with van der Waals surface area (Å²) >= 11 is 0. The lowest BCUT2D eigenvalue weighted by Gasteiger charge is -2.70. The number of allylic oxidation sites excluding steroid dienone is 2. The van der Waals surface area contributed by atoms with Crippen LogP contribution in [0.25, 0.3) is 10.9 Å². The van der Waals surface area contributed by atoms with Gasteiger partial charge in [0.25, 0.3) is 0 Å². The number of aliphatic carboxylic acids is 1. The van der Waals surface area contributed by atoms with Gasteiger partial charge in [-0.25, -0.2) is 0 Å². The standard InChI is InChI=1S/C38H47NO5/c1-21-30-22(23-20-39-25-9-8-10-27(44-7)31(23)25)17-28-36(4,24(30)18-26(40)32(21)41)14-16-38(6)29-19-35(3,33(42)43)12-11-34(29,2)13-15-37(28,38)5/h8-10,17-18,20,22,29,39-41H,11-16,19H2,1-7H3,(H,42,43)/t22-,29+,34+,35+,36-,37+,38-/m0/s1. The van der Waals surface area contributed by atoms with Gasteiger partial charge in [0.05, 0.1) is 12.5 Å². The number of phenolic OH excluding ortho intramolecular Hbond substituents is 2. The third kappa shape index (κ3) is 3.51. The zero-order valence-corrected chi connectivity index (χ0v) is 27.2. The van der Waals surface area contributed by atoms with E-state index in [-0.39, 0.29) is 45.0 Å². The van der Waals surface area contributed by atoms with Crippen LogP contribution >= 0.6 is 0 Å². The molecule has 0 bridgehead atoms. The fourth-order valence-electron chi connectivity index (χ4n) is 10.8. The van der Waals surface area contributed by atoms with Gasteiger partial charge in [-0.2, -0.15) is 0 Å². The number of H-pyrrole nitrogens is 1. The zero-order valence-electron chi connectivity index (χ0n) is 27.2. The molecule has 3 aromatic rings. The number of methoxy groups -OCH3 is 1. The van der Waals surface area contributed by atoms with Crippen molar-refractivity contribution in [3.05, 3.63) is 64.4 Å². The highest BCUT2D eigenvalue weighted by Crippen LogP contribution is 2.75. The van der Waals surface area contributed by atoms with Gasteiger partial charge in [-0.1, -0.05) is 45.4 Å². The number of aromatic hydroxyl groups is 2. The maximum absolute atomic E-state index is 12.6. The summed E-state index contributed by atoms with van der Waals surface area (Å²) in [6.45, 7) is 13.6. The molecular formula is C38H47NO5. The van der Waals surface area contributed by atoms with Gasteiger partial charge in [0.1, 0.15) is 5.75 Å². The highest BCUT2D eigenvalue weighted by molar-refractivity contribution is 5.91. The van der Waals surface area contributed by atoms with E-state index in [0.717, 1.165) is 71.9 Å². The van der Waals surface area contributed by atoms with E-state index in [4.69, 9.17) is 4.74 Å². The molecule has 4 N–H and O–H groups in total. The minimum atomic E-state index is -0.705. The normalized spacial score (nSPS) is 37.8. The predicted molar refractivity (Wildman–Crippen MR) is 173 cm³/mol. The molecule has 6 heteroatoms. The van der Waals surface area contributed by atoms with Crippen molar-refractivity contribution in [2.24, 2.45) is 27.6 Å². The largest absolute Gasteiger partial charge is 0.504 e. The van der Waals surface area contributed by atoms with E-state index >= 15 is 0 Å². The SMILES string of the molecule is COc1cccc2[nH]cc([C@@H]3C=C4[C@@](C)(CC[C@@]5(C)[C@@H]6C[C@](C)(C(=O)O)CC[C@]6(C)CC[C@]45C)c4cc(O)c(O)c(C)c43)c12. The lowest BCUT2D eigenvalue weighted by molar-refractivity contribution is -0.177. The summed E-state index contributed by atoms with van der Waals surface area (Å²) in [4.78, 5) is 16.0. The number of aromatic amines is 1. The second-order valence-corrected chi connectivity index (χ2v) is 15.9. The number of benzene rings is 2. The summed E-state index contributed by atoms with van der Waals surface area (Å²) in [6, 6.07) is 7.87. The quantitative estimate of drug-likeness (QED) is 0.179. The van der Waals surface area contributed by atoms with Crippen molar-refractivity contribution in [3.8, 4) is 17.2 Å². The summed E-state index contributed by atoms with van der Waals surface area (Å²) in [5.41, 5.74) is 5.17. The van der Waals surface area contributed by atoms with Gasteiger partial charge in [-0.05, 0) is 121 Å². The molecule has 3 fully saturated rings. The van der Waals surface area contributed by atoms with Crippen LogP contribution in [0.15, 0.2) is 42.1 Å². The van der Waals surface area contributed by atoms with Gasteiger partial charge in [-0.15, -0.1) is 0 Å². The van der Waals surface area contributed by atoms with Gasteiger partial charge in [0, 0.05) is 28.4 Å². The number of carbonyl (C=O) groups is 1. The van der Waals surface area contributed by atoms with Crippen LogP contribution in [0.2, 0.25) is 0 Å². The molecule has 4 aliphatic rings. The second-order valence-electron chi connectivity index (χ2n) is 15.9. The van der Waals surface area contributed by atoms with Crippen molar-refractivity contribution >= 4 is 16.9 Å². The van der Waals surface area contributed by atoms with Crippen LogP contribution < -0.4 is 4.74 Å². The Kier molecular flexibility index (Phi) is 6.05. The number of ether oxygens (including phenoxy) is 1. The Bertz CT molecular complexity index is 1750. The Labute approximate surface area is 260 Å². The molecule has 1 aromatic heterocycles. The van der Waals surface area contributed by atoms with E-state index in [2.05, 4.69) is 51.0 Å². The Morgan fingerprint density at radius 1 is 1.00 bits per heavy atom. The number of rotatable bonds is 3. The molecule has 234 valence electrons. The Morgan fingerprint density at radius 2 is 1.73 bits per heavy atom. The van der Waals surface area contributed by atoms with Crippen molar-refractivity contribution in [3.63, 3.8) is 0 Å². The van der Waals surface area contributed by atoms with E-state index in [0.29, 0.717) is 12.0 Å². The molecule has 6 nitrogen and oxygen atoms in total. The van der Waals surface area contributed by atoms with Crippen LogP contribution in [0, 0.1) is 34.5 Å². The number of hydrogen-bond acceptors (Lipinski definition) is 4. The molecule has 7 atom stereocenters. The van der Waals surface area contributed by atoms with E-state index in [1.54, 1.807) is 7.11 Å². The van der Waals surface area contributed by atoms with Crippen LogP contribution in [-0.2, 0) is 10.2 Å². The molecule has 0 saturated heterocycles. The third-order valence-corrected chi connectivity index (χ3v) is 13.9. The highest BCUT2D eigenvalue weighted by atomic mass is 16.5. The molecule has 2 aromatic carbocycles. The molecule has 4 aliphatic carbocycles. The lowest BCUT2D eigenvalue weighted by Crippen LogP contribution is -2.62. The van der Waals surface area contributed by atoms with Gasteiger partial charge in [-0.3, -0.25) is 4.79 Å². The first-order chi connectivity index (χ1) is 20.6. The number of carboxylic acids is 1. The summed E-state index contributed by atoms with van der Waals surface area (Å²) in [5, 5.41) is 33.4. The first kappa shape index (κ1) is 29.3. The van der Waals surface area contributed by atoms with Crippen LogP contribution in [0.1, 0.15) is 108 Å². The van der Waals surface area contributed by atoms with Crippen molar-refractivity contribution in [1.29, 1.82) is 0 Å². The Morgan fingerprint density at radius 3 is 2.43 bits per heavy atom. The van der Waals surface area contributed by atoms with Gasteiger partial charge in [0.15, 0.2) is 11.5 Å². The summed E-state index contributed by atoms with van der Waals surface area (Å²) < 4.78 is 5.86. The lowest BCUT2D eigenvalue weighted by atomic mass is 9.34. The number of fused-ring (bicyclic) bond motifs is 8. The minimum absolute atomic E-state index is 0.0588. The van der Waals surface area contributed by atoms with Crippen LogP contribution in [-0.4, -0.2) is 33.4 Å². The number of hydrogen-bond donors (Lipinski definition) is 4. The van der Waals surface area contributed by atoms with Gasteiger partial charge >= 0.3 is 5.97 Å². The van der Waals surface area contributed by atoms with E-state index in [9.17, 15) is 20.1 Å². The topological polar surface area (TPSA) is 103 Å². The van der Waals surface area contributed by atoms with Crippen LogP contribution in [0.5, 0.6) is 17.2 Å². The first-order valence-electron chi connectivity index (χ1n) is 16.3. The van der Waals surface area contributed by atoms with Crippen LogP contribution in [0.3, 0.4) is 0 Å². The highest BCUT2D eigenvalue weighted by Gasteiger charge is 2.67. The molecule has 3 saturated carbocycles. The molecule has 0 radical (unpaired) electrons. The molecule has 1 heterocycles. The molecule has 44 heavy (non-hydrogen) atoms. The van der Waals surface area contributed by atoms with Crippen molar-refractivity contribution < 1.29 is 24.9 Å². The van der Waals surface area contributed by atoms with Crippen molar-refractivity contribution in [1.82, 2.24) is 4.98 Å². The average Bonchev–Trinajstić information content (AvgIpc) is 3.43. The Balaban J connectivity index is 1.48. The number of carboxylic acid groups (broad SMARTS) is 1. The average molecular weight is 598 g/mol. The third-order valence-electron chi connectivity index (χ3n) is 13.9. The predicted octanol–water partition coefficient (Wildman–Crippen LogP) is 8.72. The first-order valence-corrected chi connectivity index (χ1v) is 16.3. The molecule has 0 unspecified atom stereocenters. The number of aromatic nitrogens is 1. The number of nitrogens with one attached hydrogen (secondary N) is 1. The Hall–Kier alpha value is -3.41. The fourth-order valence-corrected chi connectivity index (χ4v) is 10.8.